The van der Waals surface area contributed by atoms with Crippen LogP contribution in [0.4, 0.5) is 0 Å². The zero-order valence-corrected chi connectivity index (χ0v) is 13.1. The quantitative estimate of drug-likeness (QED) is 0.413. The summed E-state index contributed by atoms with van der Waals surface area (Å²) in [6, 6.07) is 29.5. The second-order valence-electron chi connectivity index (χ2n) is 5.85. The lowest BCUT2D eigenvalue weighted by atomic mass is 10.0. The highest BCUT2D eigenvalue weighted by Gasteiger charge is 2.10. The zero-order chi connectivity index (χ0) is 15.6. The third kappa shape index (κ3) is 2.66. The highest BCUT2D eigenvalue weighted by molar-refractivity contribution is 6.00. The minimum Gasteiger partial charge on any atom is -0.485 e. The molecule has 1 atom stereocenters. The number of hydrogen-bond donors (Lipinski definition) is 0. The SMILES string of the molecule is CC(Oc1cccc2cc3ccccc3cc12)c1ccccc1. The Balaban J connectivity index is 1.79. The molecule has 0 fully saturated rings. The van der Waals surface area contributed by atoms with Gasteiger partial charge in [0.2, 0.25) is 0 Å². The molecule has 0 saturated carbocycles. The van der Waals surface area contributed by atoms with Crippen LogP contribution in [0, 0.1) is 0 Å². The van der Waals surface area contributed by atoms with Crippen LogP contribution in [0.2, 0.25) is 0 Å². The first-order valence-electron chi connectivity index (χ1n) is 7.94. The molecule has 0 bridgehead atoms. The summed E-state index contributed by atoms with van der Waals surface area (Å²) in [5.74, 6) is 0.935. The summed E-state index contributed by atoms with van der Waals surface area (Å²) in [6.45, 7) is 2.09. The van der Waals surface area contributed by atoms with E-state index in [0.717, 1.165) is 11.1 Å². The smallest absolute Gasteiger partial charge is 0.128 e. The maximum Gasteiger partial charge on any atom is 0.128 e. The Bertz CT molecular complexity index is 957. The second kappa shape index (κ2) is 5.77. The van der Waals surface area contributed by atoms with E-state index in [0.29, 0.717) is 0 Å². The van der Waals surface area contributed by atoms with Crippen molar-refractivity contribution < 1.29 is 4.74 Å². The van der Waals surface area contributed by atoms with Gasteiger partial charge in [0.1, 0.15) is 11.9 Å². The number of hydrogen-bond acceptors (Lipinski definition) is 1. The predicted octanol–water partition coefficient (Wildman–Crippen LogP) is 6.13. The molecule has 1 nitrogen and oxygen atoms in total. The van der Waals surface area contributed by atoms with Crippen LogP contribution >= 0.6 is 0 Å². The average molecular weight is 298 g/mol. The van der Waals surface area contributed by atoms with Crippen LogP contribution in [0.3, 0.4) is 0 Å². The lowest BCUT2D eigenvalue weighted by molar-refractivity contribution is 0.230. The van der Waals surface area contributed by atoms with E-state index in [1.54, 1.807) is 0 Å². The van der Waals surface area contributed by atoms with E-state index in [2.05, 4.69) is 73.7 Å². The first-order chi connectivity index (χ1) is 11.3. The summed E-state index contributed by atoms with van der Waals surface area (Å²) in [5, 5.41) is 4.87. The van der Waals surface area contributed by atoms with Crippen LogP contribution in [-0.4, -0.2) is 0 Å². The Morgan fingerprint density at radius 3 is 2.09 bits per heavy atom. The molecule has 0 heterocycles. The van der Waals surface area contributed by atoms with E-state index in [-0.39, 0.29) is 6.10 Å². The van der Waals surface area contributed by atoms with Crippen LogP contribution < -0.4 is 4.74 Å². The molecule has 0 spiro atoms. The largest absolute Gasteiger partial charge is 0.485 e. The van der Waals surface area contributed by atoms with Crippen molar-refractivity contribution in [1.29, 1.82) is 0 Å². The molecule has 1 heteroatoms. The molecule has 0 aliphatic carbocycles. The van der Waals surface area contributed by atoms with Crippen molar-refractivity contribution in [3.63, 3.8) is 0 Å². The molecular formula is C22H18O. The summed E-state index contributed by atoms with van der Waals surface area (Å²) < 4.78 is 6.26. The van der Waals surface area contributed by atoms with E-state index in [1.165, 1.54) is 21.7 Å². The minimum absolute atomic E-state index is 0.0215. The van der Waals surface area contributed by atoms with E-state index >= 15 is 0 Å². The summed E-state index contributed by atoms with van der Waals surface area (Å²) in [5.41, 5.74) is 1.19. The van der Waals surface area contributed by atoms with Gasteiger partial charge in [-0.1, -0.05) is 66.7 Å². The molecule has 0 aliphatic rings. The first-order valence-corrected chi connectivity index (χ1v) is 7.94. The third-order valence-electron chi connectivity index (χ3n) is 4.28. The van der Waals surface area contributed by atoms with Crippen molar-refractivity contribution in [2.45, 2.75) is 13.0 Å². The van der Waals surface area contributed by atoms with E-state index in [1.807, 2.05) is 18.2 Å². The molecule has 23 heavy (non-hydrogen) atoms. The first kappa shape index (κ1) is 13.8. The Labute approximate surface area is 136 Å². The van der Waals surface area contributed by atoms with Gasteiger partial charge in [0.25, 0.3) is 0 Å². The Morgan fingerprint density at radius 1 is 0.652 bits per heavy atom. The van der Waals surface area contributed by atoms with Crippen LogP contribution in [-0.2, 0) is 0 Å². The highest BCUT2D eigenvalue weighted by atomic mass is 16.5. The Morgan fingerprint density at radius 2 is 1.30 bits per heavy atom. The molecule has 0 amide bonds. The fourth-order valence-corrected chi connectivity index (χ4v) is 3.02. The molecule has 0 aromatic heterocycles. The van der Waals surface area contributed by atoms with Crippen LogP contribution in [0.15, 0.2) is 84.9 Å². The monoisotopic (exact) mass is 298 g/mol. The third-order valence-corrected chi connectivity index (χ3v) is 4.28. The van der Waals surface area contributed by atoms with Gasteiger partial charge >= 0.3 is 0 Å². The molecule has 0 aliphatic heterocycles. The lowest BCUT2D eigenvalue weighted by Gasteiger charge is -2.17. The summed E-state index contributed by atoms with van der Waals surface area (Å²) >= 11 is 0. The molecule has 4 aromatic carbocycles. The van der Waals surface area contributed by atoms with Crippen molar-refractivity contribution in [2.75, 3.05) is 0 Å². The zero-order valence-electron chi connectivity index (χ0n) is 13.1. The second-order valence-corrected chi connectivity index (χ2v) is 5.85. The average Bonchev–Trinajstić information content (AvgIpc) is 2.61. The van der Waals surface area contributed by atoms with Crippen LogP contribution in [0.25, 0.3) is 21.5 Å². The van der Waals surface area contributed by atoms with Crippen molar-refractivity contribution in [3.05, 3.63) is 90.5 Å². The molecule has 4 rings (SSSR count). The standard InChI is InChI=1S/C22H18O/c1-16(17-8-3-2-4-9-17)23-22-13-7-12-20-14-18-10-5-6-11-19(18)15-21(20)22/h2-16H,1H3. The van der Waals surface area contributed by atoms with Gasteiger partial charge in [-0.2, -0.15) is 0 Å². The maximum atomic E-state index is 6.26. The van der Waals surface area contributed by atoms with E-state index < -0.39 is 0 Å². The molecule has 1 unspecified atom stereocenters. The molecule has 112 valence electrons. The number of benzene rings is 4. The number of ether oxygens (including phenoxy) is 1. The molecular weight excluding hydrogens is 280 g/mol. The molecule has 0 N–H and O–H groups in total. The molecule has 4 aromatic rings. The Kier molecular flexibility index (Phi) is 3.47. The number of rotatable bonds is 3. The van der Waals surface area contributed by atoms with Gasteiger partial charge < -0.3 is 4.74 Å². The Hall–Kier alpha value is -2.80. The summed E-state index contributed by atoms with van der Waals surface area (Å²) in [7, 11) is 0. The lowest BCUT2D eigenvalue weighted by Crippen LogP contribution is -2.03. The van der Waals surface area contributed by atoms with Gasteiger partial charge in [0.15, 0.2) is 0 Å². The summed E-state index contributed by atoms with van der Waals surface area (Å²) in [4.78, 5) is 0. The summed E-state index contributed by atoms with van der Waals surface area (Å²) in [6.07, 6.45) is 0.0215. The van der Waals surface area contributed by atoms with E-state index in [9.17, 15) is 0 Å². The molecule has 0 saturated heterocycles. The predicted molar refractivity (Wildman–Crippen MR) is 96.9 cm³/mol. The van der Waals surface area contributed by atoms with Crippen LogP contribution in [0.1, 0.15) is 18.6 Å². The van der Waals surface area contributed by atoms with Gasteiger partial charge in [-0.25, -0.2) is 0 Å². The van der Waals surface area contributed by atoms with Crippen molar-refractivity contribution in [3.8, 4) is 5.75 Å². The maximum absolute atomic E-state index is 6.26. The topological polar surface area (TPSA) is 9.23 Å². The van der Waals surface area contributed by atoms with Crippen molar-refractivity contribution >= 4 is 21.5 Å². The van der Waals surface area contributed by atoms with Gasteiger partial charge in [0, 0.05) is 5.39 Å². The fourth-order valence-electron chi connectivity index (χ4n) is 3.02. The highest BCUT2D eigenvalue weighted by Crippen LogP contribution is 2.32. The number of fused-ring (bicyclic) bond motifs is 2. The minimum atomic E-state index is 0.0215. The molecule has 0 radical (unpaired) electrons. The van der Waals surface area contributed by atoms with Crippen LogP contribution in [0.5, 0.6) is 5.75 Å². The van der Waals surface area contributed by atoms with E-state index in [4.69, 9.17) is 4.74 Å². The van der Waals surface area contributed by atoms with Gasteiger partial charge in [-0.15, -0.1) is 0 Å². The van der Waals surface area contributed by atoms with Gasteiger partial charge in [-0.05, 0) is 46.8 Å². The van der Waals surface area contributed by atoms with Gasteiger partial charge in [0.05, 0.1) is 0 Å². The van der Waals surface area contributed by atoms with Crippen molar-refractivity contribution in [1.82, 2.24) is 0 Å². The fraction of sp³-hybridized carbons (Fsp3) is 0.0909. The normalized spacial score (nSPS) is 12.4. The van der Waals surface area contributed by atoms with Gasteiger partial charge in [-0.3, -0.25) is 0 Å². The van der Waals surface area contributed by atoms with Crippen molar-refractivity contribution in [2.24, 2.45) is 0 Å².